The van der Waals surface area contributed by atoms with E-state index in [0.717, 1.165) is 25.0 Å². The van der Waals surface area contributed by atoms with Gasteiger partial charge >= 0.3 is 0 Å². The van der Waals surface area contributed by atoms with Crippen LogP contribution in [0, 0.1) is 35.5 Å². The summed E-state index contributed by atoms with van der Waals surface area (Å²) < 4.78 is 5.54. The predicted molar refractivity (Wildman–Crippen MR) is 227 cm³/mol. The number of hydrogen-bond donors (Lipinski definition) is 3. The summed E-state index contributed by atoms with van der Waals surface area (Å²) in [6.07, 6.45) is 10.0. The summed E-state index contributed by atoms with van der Waals surface area (Å²) in [6, 6.07) is 0.981. The van der Waals surface area contributed by atoms with Gasteiger partial charge in [0.05, 0.1) is 12.1 Å². The van der Waals surface area contributed by atoms with Crippen LogP contribution in [0.4, 0.5) is 0 Å². The number of likely N-dealkylation sites (N-methyl/N-ethyl adjacent to an activating group) is 2. The summed E-state index contributed by atoms with van der Waals surface area (Å²) in [7, 11) is 12.8. The molecule has 8 nitrogen and oxygen atoms in total. The topological polar surface area (TPSA) is 105 Å². The Morgan fingerprint density at radius 3 is 1.66 bits per heavy atom. The van der Waals surface area contributed by atoms with Crippen molar-refractivity contribution in [1.29, 1.82) is 0 Å². The summed E-state index contributed by atoms with van der Waals surface area (Å²) in [5.41, 5.74) is 9.00. The number of likely N-dealkylation sites (tertiary alicyclic amines) is 1. The maximum atomic E-state index is 12.7. The maximum absolute atomic E-state index is 12.7. The summed E-state index contributed by atoms with van der Waals surface area (Å²) >= 11 is 3.79. The second-order valence-electron chi connectivity index (χ2n) is 14.1. The van der Waals surface area contributed by atoms with Crippen LogP contribution in [-0.2, 0) is 14.3 Å². The first-order valence-electron chi connectivity index (χ1n) is 19.1. The van der Waals surface area contributed by atoms with E-state index < -0.39 is 0 Å². The first kappa shape index (κ1) is 58.1. The third-order valence-electron chi connectivity index (χ3n) is 9.61. The molecule has 4 N–H and O–H groups in total. The Balaban J connectivity index is -0.000000194. The molecule has 0 aliphatic carbocycles. The largest absolute Gasteiger partial charge is 0.379 e. The van der Waals surface area contributed by atoms with Gasteiger partial charge in [-0.15, -0.1) is 13.2 Å². The predicted octanol–water partition coefficient (Wildman–Crippen LogP) is 7.92. The van der Waals surface area contributed by atoms with Gasteiger partial charge in [-0.3, -0.25) is 14.5 Å². The van der Waals surface area contributed by atoms with Crippen LogP contribution in [0.5, 0.6) is 0 Å². The number of Topliss-reactive ketones (excluding diaryl/α,β-unsaturated/α-hetero) is 1. The number of allylic oxidation sites excluding steroid dienone is 1. The molecule has 1 amide bonds. The molecule has 1 heterocycles. The van der Waals surface area contributed by atoms with Crippen LogP contribution in [0.2, 0.25) is 0 Å². The van der Waals surface area contributed by atoms with Crippen LogP contribution in [-0.4, -0.2) is 112 Å². The van der Waals surface area contributed by atoms with Gasteiger partial charge in [0.2, 0.25) is 5.91 Å². The minimum Gasteiger partial charge on any atom is -0.379 e. The van der Waals surface area contributed by atoms with Crippen LogP contribution >= 0.6 is 12.6 Å². The number of carbonyl (C=O) groups excluding carboxylic acids is 2. The zero-order valence-electron chi connectivity index (χ0n) is 36.5. The van der Waals surface area contributed by atoms with Crippen LogP contribution in [0.3, 0.4) is 0 Å². The van der Waals surface area contributed by atoms with Gasteiger partial charge in [0.25, 0.3) is 0 Å². The van der Waals surface area contributed by atoms with E-state index in [1.807, 2.05) is 56.9 Å². The lowest BCUT2D eigenvalue weighted by molar-refractivity contribution is -0.139. The van der Waals surface area contributed by atoms with Crippen molar-refractivity contribution in [2.45, 2.75) is 132 Å². The van der Waals surface area contributed by atoms with Crippen molar-refractivity contribution in [1.82, 2.24) is 14.7 Å². The highest BCUT2D eigenvalue weighted by atomic mass is 32.1. The smallest absolute Gasteiger partial charge is 0.225 e. The molecule has 0 aromatic heterocycles. The normalized spacial score (nSPS) is 17.9. The molecule has 0 spiro atoms. The van der Waals surface area contributed by atoms with Gasteiger partial charge in [0.1, 0.15) is 5.78 Å². The van der Waals surface area contributed by atoms with E-state index in [1.54, 1.807) is 14.0 Å². The number of nitrogens with two attached hydrogens (primary N) is 2. The standard InChI is InChI=1S/C18H35NO.C11H21NO.C8H17NO.C2H6S.2CH5N/c1-9-12-16(11-3)17(14(6)10-2)19(8)18(20)15(7)13(4)5;1-5-9(2)11(13-4)10-7-6-8-12(10)3;1-6(2)8(7(3)10)9(4)5;1-2-3;2*1-2/h9,13-17H,1,10-12H2,2-8H3;5,9-11H,1,6-8H2,2-4H3;6,8H,1-5H3;3H,2H2,1H3;2*2H2,1H3. The minimum absolute atomic E-state index is 0.0833. The number of hydrogen-bond acceptors (Lipinski definition) is 8. The fourth-order valence-corrected chi connectivity index (χ4v) is 6.56. The van der Waals surface area contributed by atoms with Crippen LogP contribution < -0.4 is 11.5 Å². The van der Waals surface area contributed by atoms with Crippen LogP contribution in [0.25, 0.3) is 0 Å². The quantitative estimate of drug-likeness (QED) is 0.109. The highest BCUT2D eigenvalue weighted by Gasteiger charge is 2.33. The van der Waals surface area contributed by atoms with E-state index in [-0.39, 0.29) is 23.7 Å². The average Bonchev–Trinajstić information content (AvgIpc) is 3.50. The van der Waals surface area contributed by atoms with E-state index in [9.17, 15) is 9.59 Å². The summed E-state index contributed by atoms with van der Waals surface area (Å²) in [6.45, 7) is 31.8. The SMILES string of the molecule is C=CC(C)C(OC)C1CCCN1C.C=CCC(CC)C(C(C)CC)N(C)C(=O)C(C)C(C)C.CC(=O)C(C(C)C)N(C)C.CCS.CN.CN. The van der Waals surface area contributed by atoms with Crippen molar-refractivity contribution in [3.63, 3.8) is 0 Å². The zero-order chi connectivity index (χ0) is 40.7. The lowest BCUT2D eigenvalue weighted by Crippen LogP contribution is -2.48. The third-order valence-corrected chi connectivity index (χ3v) is 9.61. The Hall–Kier alpha value is -1.23. The molecule has 1 aliphatic heterocycles. The molecule has 0 bridgehead atoms. The number of rotatable bonds is 16. The molecule has 8 unspecified atom stereocenters. The van der Waals surface area contributed by atoms with E-state index in [4.69, 9.17) is 4.74 Å². The molecule has 9 heteroatoms. The first-order chi connectivity index (χ1) is 23.4. The highest BCUT2D eigenvalue weighted by molar-refractivity contribution is 7.80. The molecule has 0 radical (unpaired) electrons. The molecule has 1 fully saturated rings. The van der Waals surface area contributed by atoms with Gasteiger partial charge in [-0.25, -0.2) is 0 Å². The number of thiol groups is 1. The molecule has 8 atom stereocenters. The van der Waals surface area contributed by atoms with E-state index in [2.05, 4.69) is 105 Å². The molecular formula is C41H89N5O3S. The van der Waals surface area contributed by atoms with Crippen molar-refractivity contribution < 1.29 is 14.3 Å². The van der Waals surface area contributed by atoms with Crippen molar-refractivity contribution in [2.75, 3.05) is 61.7 Å². The number of carbonyl (C=O) groups is 2. The number of methoxy groups -OCH3 is 1. The molecule has 1 saturated heterocycles. The Labute approximate surface area is 319 Å². The number of ketones is 1. The van der Waals surface area contributed by atoms with Gasteiger partial charge in [0, 0.05) is 38.1 Å². The van der Waals surface area contributed by atoms with Gasteiger partial charge in [0.15, 0.2) is 0 Å². The summed E-state index contributed by atoms with van der Waals surface area (Å²) in [4.78, 5) is 30.0. The highest BCUT2D eigenvalue weighted by Crippen LogP contribution is 2.29. The average molecular weight is 732 g/mol. The van der Waals surface area contributed by atoms with Crippen molar-refractivity contribution in [3.05, 3.63) is 25.3 Å². The number of nitrogens with zero attached hydrogens (tertiary/aromatic N) is 3. The third kappa shape index (κ3) is 24.1. The molecule has 50 heavy (non-hydrogen) atoms. The Morgan fingerprint density at radius 1 is 0.940 bits per heavy atom. The van der Waals surface area contributed by atoms with Gasteiger partial charge in [-0.1, -0.05) is 94.2 Å². The fourth-order valence-electron chi connectivity index (χ4n) is 6.56. The monoisotopic (exact) mass is 732 g/mol. The number of amides is 1. The second kappa shape index (κ2) is 36.1. The zero-order valence-corrected chi connectivity index (χ0v) is 37.4. The second-order valence-corrected chi connectivity index (χ2v) is 14.7. The number of ether oxygens (including phenoxy) is 1. The molecule has 1 aliphatic rings. The van der Waals surface area contributed by atoms with Crippen molar-refractivity contribution in [2.24, 2.45) is 47.0 Å². The van der Waals surface area contributed by atoms with Crippen LogP contribution in [0.1, 0.15) is 108 Å². The van der Waals surface area contributed by atoms with E-state index in [0.29, 0.717) is 47.8 Å². The van der Waals surface area contributed by atoms with Gasteiger partial charge in [-0.2, -0.15) is 12.6 Å². The molecular weight excluding hydrogens is 643 g/mol. The Morgan fingerprint density at radius 2 is 1.42 bits per heavy atom. The fraction of sp³-hybridized carbons (Fsp3) is 0.854. The minimum atomic E-state index is 0.0833. The van der Waals surface area contributed by atoms with Gasteiger partial charge in [-0.05, 0) is 97.4 Å². The van der Waals surface area contributed by atoms with E-state index >= 15 is 0 Å². The Kier molecular flexibility index (Phi) is 42.0. The van der Waals surface area contributed by atoms with E-state index in [1.165, 1.54) is 33.5 Å². The lowest BCUT2D eigenvalue weighted by atomic mass is 9.82. The van der Waals surface area contributed by atoms with Crippen molar-refractivity contribution in [3.8, 4) is 0 Å². The molecule has 0 saturated carbocycles. The Bertz CT molecular complexity index is 803. The van der Waals surface area contributed by atoms with Crippen LogP contribution in [0.15, 0.2) is 25.3 Å². The van der Waals surface area contributed by atoms with Gasteiger partial charge < -0.3 is 26.0 Å². The molecule has 0 aromatic rings. The molecule has 0 aromatic carbocycles. The summed E-state index contributed by atoms with van der Waals surface area (Å²) in [5, 5.41) is 0. The summed E-state index contributed by atoms with van der Waals surface area (Å²) in [5.74, 6) is 3.84. The molecule has 1 rings (SSSR count). The lowest BCUT2D eigenvalue weighted by Gasteiger charge is -2.39. The van der Waals surface area contributed by atoms with Crippen molar-refractivity contribution >= 4 is 24.3 Å². The molecule has 302 valence electrons. The first-order valence-corrected chi connectivity index (χ1v) is 19.7. The maximum Gasteiger partial charge on any atom is 0.225 e.